The van der Waals surface area contributed by atoms with Gasteiger partial charge in [-0.2, -0.15) is 8.78 Å². The summed E-state index contributed by atoms with van der Waals surface area (Å²) in [5.41, 5.74) is 5.86. The Bertz CT molecular complexity index is 523. The predicted molar refractivity (Wildman–Crippen MR) is 84.6 cm³/mol. The van der Waals surface area contributed by atoms with Crippen LogP contribution >= 0.6 is 12.4 Å². The van der Waals surface area contributed by atoms with Crippen molar-refractivity contribution in [3.05, 3.63) is 23.8 Å². The van der Waals surface area contributed by atoms with E-state index in [4.69, 9.17) is 10.5 Å². The number of benzene rings is 1. The topological polar surface area (TPSA) is 73.6 Å². The number of rotatable bonds is 5. The van der Waals surface area contributed by atoms with E-state index < -0.39 is 12.5 Å². The van der Waals surface area contributed by atoms with Crippen LogP contribution in [0, 0.1) is 0 Å². The Kier molecular flexibility index (Phi) is 7.51. The molecule has 1 saturated carbocycles. The first-order chi connectivity index (χ1) is 10.5. The van der Waals surface area contributed by atoms with Gasteiger partial charge in [-0.05, 0) is 37.8 Å². The molecule has 1 fully saturated rings. The minimum absolute atomic E-state index is 0. The highest BCUT2D eigenvalue weighted by Crippen LogP contribution is 2.32. The number of para-hydroxylation sites is 1. The zero-order valence-corrected chi connectivity index (χ0v) is 13.6. The molecule has 0 saturated heterocycles. The SMILES string of the molecule is COc1cccc(C(=O)NC2CCC(N)CC2)c1OC(F)F.Cl. The largest absolute Gasteiger partial charge is 0.493 e. The van der Waals surface area contributed by atoms with Crippen molar-refractivity contribution in [1.82, 2.24) is 5.32 Å². The van der Waals surface area contributed by atoms with Gasteiger partial charge in [0.2, 0.25) is 0 Å². The fraction of sp³-hybridized carbons (Fsp3) is 0.533. The highest BCUT2D eigenvalue weighted by molar-refractivity contribution is 5.98. The molecule has 0 aromatic heterocycles. The van der Waals surface area contributed by atoms with Crippen molar-refractivity contribution in [1.29, 1.82) is 0 Å². The van der Waals surface area contributed by atoms with Crippen molar-refractivity contribution < 1.29 is 23.0 Å². The number of alkyl halides is 2. The Labute approximate surface area is 139 Å². The Hall–Kier alpha value is -1.60. The second-order valence-corrected chi connectivity index (χ2v) is 5.30. The maximum atomic E-state index is 12.6. The lowest BCUT2D eigenvalue weighted by Crippen LogP contribution is -2.40. The second kappa shape index (κ2) is 8.88. The summed E-state index contributed by atoms with van der Waals surface area (Å²) in [7, 11) is 1.33. The van der Waals surface area contributed by atoms with Crippen LogP contribution in [0.3, 0.4) is 0 Å². The molecule has 23 heavy (non-hydrogen) atoms. The van der Waals surface area contributed by atoms with E-state index in [9.17, 15) is 13.6 Å². The molecule has 0 atom stereocenters. The minimum atomic E-state index is -3.03. The van der Waals surface area contributed by atoms with Gasteiger partial charge in [0.05, 0.1) is 12.7 Å². The standard InChI is InChI=1S/C15H20F2N2O3.ClH/c1-21-12-4-2-3-11(13(12)22-15(16)17)14(20)19-10-7-5-9(18)6-8-10;/h2-4,9-10,15H,5-8,18H2,1H3,(H,19,20);1H. The molecular formula is C15H21ClF2N2O3. The molecular weight excluding hydrogens is 330 g/mol. The average Bonchev–Trinajstić information content (AvgIpc) is 2.49. The molecule has 0 aliphatic heterocycles. The fourth-order valence-electron chi connectivity index (χ4n) is 2.59. The summed E-state index contributed by atoms with van der Waals surface area (Å²) in [4.78, 5) is 12.3. The number of ether oxygens (including phenoxy) is 2. The van der Waals surface area contributed by atoms with Crippen LogP contribution in [0.1, 0.15) is 36.0 Å². The van der Waals surface area contributed by atoms with Crippen LogP contribution in [0.4, 0.5) is 8.78 Å². The molecule has 3 N–H and O–H groups in total. The quantitative estimate of drug-likeness (QED) is 0.856. The van der Waals surface area contributed by atoms with Crippen molar-refractivity contribution in [2.75, 3.05) is 7.11 Å². The van der Waals surface area contributed by atoms with Gasteiger partial charge in [-0.1, -0.05) is 6.07 Å². The van der Waals surface area contributed by atoms with Crippen molar-refractivity contribution in [3.8, 4) is 11.5 Å². The number of nitrogens with two attached hydrogens (primary N) is 1. The molecule has 130 valence electrons. The lowest BCUT2D eigenvalue weighted by atomic mass is 9.91. The van der Waals surface area contributed by atoms with Crippen LogP contribution in [0.25, 0.3) is 0 Å². The van der Waals surface area contributed by atoms with Crippen LogP contribution < -0.4 is 20.5 Å². The van der Waals surface area contributed by atoms with Gasteiger partial charge >= 0.3 is 6.61 Å². The summed E-state index contributed by atoms with van der Waals surface area (Å²) >= 11 is 0. The highest BCUT2D eigenvalue weighted by atomic mass is 35.5. The molecule has 0 bridgehead atoms. The average molecular weight is 351 g/mol. The first-order valence-electron chi connectivity index (χ1n) is 7.19. The van der Waals surface area contributed by atoms with Gasteiger partial charge in [-0.3, -0.25) is 4.79 Å². The van der Waals surface area contributed by atoms with E-state index in [0.717, 1.165) is 25.7 Å². The third kappa shape index (κ3) is 5.21. The number of carbonyl (C=O) groups is 1. The lowest BCUT2D eigenvalue weighted by molar-refractivity contribution is -0.0515. The lowest BCUT2D eigenvalue weighted by Gasteiger charge is -2.27. The summed E-state index contributed by atoms with van der Waals surface area (Å²) in [6.45, 7) is -3.03. The van der Waals surface area contributed by atoms with Crippen molar-refractivity contribution >= 4 is 18.3 Å². The Morgan fingerprint density at radius 2 is 1.96 bits per heavy atom. The van der Waals surface area contributed by atoms with Gasteiger partial charge in [0.25, 0.3) is 5.91 Å². The molecule has 8 heteroatoms. The molecule has 1 aliphatic rings. The van der Waals surface area contributed by atoms with E-state index in [0.29, 0.717) is 0 Å². The Morgan fingerprint density at radius 3 is 2.52 bits per heavy atom. The summed E-state index contributed by atoms with van der Waals surface area (Å²) < 4.78 is 34.6. The highest BCUT2D eigenvalue weighted by Gasteiger charge is 2.24. The van der Waals surface area contributed by atoms with Gasteiger partial charge in [-0.25, -0.2) is 0 Å². The molecule has 1 aromatic rings. The first kappa shape index (κ1) is 19.4. The number of methoxy groups -OCH3 is 1. The maximum absolute atomic E-state index is 12.6. The molecule has 5 nitrogen and oxygen atoms in total. The third-order valence-corrected chi connectivity index (χ3v) is 3.76. The van der Waals surface area contributed by atoms with Gasteiger partial charge in [0.1, 0.15) is 0 Å². The van der Waals surface area contributed by atoms with E-state index in [-0.39, 0.29) is 41.6 Å². The van der Waals surface area contributed by atoms with Gasteiger partial charge in [0, 0.05) is 12.1 Å². The van der Waals surface area contributed by atoms with E-state index in [1.54, 1.807) is 6.07 Å². The summed E-state index contributed by atoms with van der Waals surface area (Å²) in [5.74, 6) is -0.598. The number of nitrogens with one attached hydrogen (secondary N) is 1. The van der Waals surface area contributed by atoms with Crippen molar-refractivity contribution in [2.45, 2.75) is 44.4 Å². The van der Waals surface area contributed by atoms with Gasteiger partial charge < -0.3 is 20.5 Å². The third-order valence-electron chi connectivity index (χ3n) is 3.76. The number of amides is 1. The Morgan fingerprint density at radius 1 is 1.30 bits per heavy atom. The second-order valence-electron chi connectivity index (χ2n) is 5.30. The van der Waals surface area contributed by atoms with Crippen LogP contribution in [0.2, 0.25) is 0 Å². The van der Waals surface area contributed by atoms with Gasteiger partial charge in [0.15, 0.2) is 11.5 Å². The molecule has 0 unspecified atom stereocenters. The number of carbonyl (C=O) groups excluding carboxylic acids is 1. The smallest absolute Gasteiger partial charge is 0.387 e. The fourth-order valence-corrected chi connectivity index (χ4v) is 2.59. The molecule has 2 rings (SSSR count). The normalized spacial score (nSPS) is 20.6. The van der Waals surface area contributed by atoms with Crippen molar-refractivity contribution in [3.63, 3.8) is 0 Å². The van der Waals surface area contributed by atoms with E-state index in [1.165, 1.54) is 19.2 Å². The van der Waals surface area contributed by atoms with Crippen LogP contribution in [-0.4, -0.2) is 31.7 Å². The van der Waals surface area contributed by atoms with Gasteiger partial charge in [-0.15, -0.1) is 12.4 Å². The number of hydrogen-bond donors (Lipinski definition) is 2. The molecule has 1 aromatic carbocycles. The monoisotopic (exact) mass is 350 g/mol. The first-order valence-corrected chi connectivity index (χ1v) is 7.19. The molecule has 1 aliphatic carbocycles. The zero-order valence-electron chi connectivity index (χ0n) is 12.8. The molecule has 1 amide bonds. The van der Waals surface area contributed by atoms with E-state index in [1.807, 2.05) is 0 Å². The van der Waals surface area contributed by atoms with E-state index >= 15 is 0 Å². The molecule has 0 spiro atoms. The summed E-state index contributed by atoms with van der Waals surface area (Å²) in [5, 5.41) is 2.85. The van der Waals surface area contributed by atoms with Crippen LogP contribution in [-0.2, 0) is 0 Å². The number of halogens is 3. The molecule has 0 radical (unpaired) electrons. The number of hydrogen-bond acceptors (Lipinski definition) is 4. The maximum Gasteiger partial charge on any atom is 0.387 e. The van der Waals surface area contributed by atoms with Crippen molar-refractivity contribution in [2.24, 2.45) is 5.73 Å². The minimum Gasteiger partial charge on any atom is -0.493 e. The van der Waals surface area contributed by atoms with E-state index in [2.05, 4.69) is 10.1 Å². The zero-order chi connectivity index (χ0) is 16.1. The Balaban J connectivity index is 0.00000264. The predicted octanol–water partition coefficient (Wildman–Crippen LogP) is 2.72. The van der Waals surface area contributed by atoms with Crippen LogP contribution in [0.5, 0.6) is 11.5 Å². The molecule has 0 heterocycles. The summed E-state index contributed by atoms with van der Waals surface area (Å²) in [6.07, 6.45) is 3.23. The summed E-state index contributed by atoms with van der Waals surface area (Å²) in [6, 6.07) is 4.63. The van der Waals surface area contributed by atoms with Crippen LogP contribution in [0.15, 0.2) is 18.2 Å².